The lowest BCUT2D eigenvalue weighted by molar-refractivity contribution is -0.136. The third-order valence-corrected chi connectivity index (χ3v) is 3.23. The number of aliphatic hydroxyl groups is 1. The highest BCUT2D eigenvalue weighted by Gasteiger charge is 2.30. The summed E-state index contributed by atoms with van der Waals surface area (Å²) in [5, 5.41) is 9.97. The normalized spacial score (nSPS) is 24.7. The summed E-state index contributed by atoms with van der Waals surface area (Å²) in [5.41, 5.74) is 0.313. The maximum absolute atomic E-state index is 12.1. The number of likely N-dealkylation sites (tertiary alicyclic amines) is 1. The first-order chi connectivity index (χ1) is 8.07. The van der Waals surface area contributed by atoms with E-state index in [2.05, 4.69) is 0 Å². The second-order valence-electron chi connectivity index (χ2n) is 5.08. The summed E-state index contributed by atoms with van der Waals surface area (Å²) >= 11 is 0. The van der Waals surface area contributed by atoms with Crippen molar-refractivity contribution in [3.8, 4) is 0 Å². The number of carbonyl (C=O) groups is 1. The first kappa shape index (κ1) is 12.1. The molecule has 1 N–H and O–H groups in total. The molecule has 1 saturated heterocycles. The van der Waals surface area contributed by atoms with Gasteiger partial charge in [0.25, 0.3) is 0 Å². The number of amides is 1. The maximum atomic E-state index is 12.1. The van der Waals surface area contributed by atoms with Gasteiger partial charge in [0.05, 0.1) is 12.0 Å². The molecule has 1 aromatic carbocycles. The first-order valence-electron chi connectivity index (χ1n) is 6.11. The topological polar surface area (TPSA) is 40.5 Å². The molecule has 2 rings (SSSR count). The summed E-state index contributed by atoms with van der Waals surface area (Å²) in [6.45, 7) is 3.02. The summed E-state index contributed by atoms with van der Waals surface area (Å²) in [6.07, 6.45) is 2.09. The Kier molecular flexibility index (Phi) is 3.48. The van der Waals surface area contributed by atoms with Crippen molar-refractivity contribution < 1.29 is 9.90 Å². The van der Waals surface area contributed by atoms with Crippen LogP contribution in [0.4, 0.5) is 0 Å². The SMILES string of the molecule is CC1(O)CCCN(C(=O)Cc2ccccc2)C1. The zero-order valence-electron chi connectivity index (χ0n) is 10.2. The average Bonchev–Trinajstić information content (AvgIpc) is 2.29. The minimum Gasteiger partial charge on any atom is -0.388 e. The van der Waals surface area contributed by atoms with Crippen molar-refractivity contribution in [1.82, 2.24) is 4.90 Å². The van der Waals surface area contributed by atoms with Gasteiger partial charge < -0.3 is 10.0 Å². The van der Waals surface area contributed by atoms with Crippen LogP contribution in [-0.2, 0) is 11.2 Å². The van der Waals surface area contributed by atoms with Gasteiger partial charge >= 0.3 is 0 Å². The van der Waals surface area contributed by atoms with E-state index in [1.807, 2.05) is 30.3 Å². The van der Waals surface area contributed by atoms with Crippen LogP contribution >= 0.6 is 0 Å². The van der Waals surface area contributed by atoms with Crippen LogP contribution in [0, 0.1) is 0 Å². The fraction of sp³-hybridized carbons (Fsp3) is 0.500. The third kappa shape index (κ3) is 3.30. The molecule has 0 aromatic heterocycles. The Morgan fingerprint density at radius 2 is 2.12 bits per heavy atom. The molecule has 1 atom stereocenters. The van der Waals surface area contributed by atoms with Gasteiger partial charge in [-0.15, -0.1) is 0 Å². The fourth-order valence-electron chi connectivity index (χ4n) is 2.32. The van der Waals surface area contributed by atoms with Gasteiger partial charge in [-0.25, -0.2) is 0 Å². The van der Waals surface area contributed by atoms with E-state index in [1.54, 1.807) is 11.8 Å². The molecule has 1 heterocycles. The second kappa shape index (κ2) is 4.88. The molecule has 1 amide bonds. The van der Waals surface area contributed by atoms with Crippen molar-refractivity contribution in [1.29, 1.82) is 0 Å². The Hall–Kier alpha value is -1.35. The van der Waals surface area contributed by atoms with Crippen molar-refractivity contribution in [2.45, 2.75) is 31.8 Å². The van der Waals surface area contributed by atoms with E-state index in [1.165, 1.54) is 0 Å². The average molecular weight is 233 g/mol. The smallest absolute Gasteiger partial charge is 0.227 e. The molecule has 17 heavy (non-hydrogen) atoms. The molecule has 0 radical (unpaired) electrons. The predicted molar refractivity (Wildman–Crippen MR) is 66.6 cm³/mol. The Morgan fingerprint density at radius 3 is 2.76 bits per heavy atom. The molecule has 92 valence electrons. The highest BCUT2D eigenvalue weighted by Crippen LogP contribution is 2.20. The molecule has 0 bridgehead atoms. The van der Waals surface area contributed by atoms with Crippen LogP contribution in [0.5, 0.6) is 0 Å². The van der Waals surface area contributed by atoms with Crippen molar-refractivity contribution in [3.05, 3.63) is 35.9 Å². The van der Waals surface area contributed by atoms with Crippen LogP contribution in [0.15, 0.2) is 30.3 Å². The van der Waals surface area contributed by atoms with Gasteiger partial charge in [0.1, 0.15) is 0 Å². The zero-order chi connectivity index (χ0) is 12.3. The summed E-state index contributed by atoms with van der Waals surface area (Å²) in [4.78, 5) is 13.8. The molecule has 3 nitrogen and oxygen atoms in total. The fourth-order valence-corrected chi connectivity index (χ4v) is 2.32. The number of benzene rings is 1. The highest BCUT2D eigenvalue weighted by molar-refractivity contribution is 5.79. The number of hydrogen-bond donors (Lipinski definition) is 1. The molecule has 1 aromatic rings. The minimum absolute atomic E-state index is 0.108. The zero-order valence-corrected chi connectivity index (χ0v) is 10.2. The van der Waals surface area contributed by atoms with Gasteiger partial charge in [0.15, 0.2) is 0 Å². The minimum atomic E-state index is -0.718. The van der Waals surface area contributed by atoms with Crippen molar-refractivity contribution in [3.63, 3.8) is 0 Å². The van der Waals surface area contributed by atoms with Crippen molar-refractivity contribution >= 4 is 5.91 Å². The van der Waals surface area contributed by atoms with Crippen LogP contribution in [0.2, 0.25) is 0 Å². The highest BCUT2D eigenvalue weighted by atomic mass is 16.3. The molecule has 1 aliphatic heterocycles. The molecule has 0 spiro atoms. The summed E-state index contributed by atoms with van der Waals surface area (Å²) in [5.74, 6) is 0.108. The Labute approximate surface area is 102 Å². The summed E-state index contributed by atoms with van der Waals surface area (Å²) in [7, 11) is 0. The molecule has 1 aliphatic rings. The summed E-state index contributed by atoms with van der Waals surface area (Å²) in [6, 6.07) is 9.74. The lowest BCUT2D eigenvalue weighted by atomic mass is 9.95. The largest absolute Gasteiger partial charge is 0.388 e. The Balaban J connectivity index is 1.96. The van der Waals surface area contributed by atoms with Gasteiger partial charge in [-0.3, -0.25) is 4.79 Å². The molecule has 1 fully saturated rings. The monoisotopic (exact) mass is 233 g/mol. The third-order valence-electron chi connectivity index (χ3n) is 3.23. The predicted octanol–water partition coefficient (Wildman–Crippen LogP) is 1.60. The lowest BCUT2D eigenvalue weighted by Crippen LogP contribution is -2.49. The standard InChI is InChI=1S/C14H19NO2/c1-14(17)8-5-9-15(11-14)13(16)10-12-6-3-2-4-7-12/h2-4,6-7,17H,5,8-11H2,1H3. The summed E-state index contributed by atoms with van der Waals surface area (Å²) < 4.78 is 0. The number of piperidine rings is 1. The van der Waals surface area contributed by atoms with Crippen LogP contribution < -0.4 is 0 Å². The molecule has 1 unspecified atom stereocenters. The first-order valence-corrected chi connectivity index (χ1v) is 6.11. The molecule has 0 saturated carbocycles. The number of carbonyl (C=O) groups excluding carboxylic acids is 1. The molecular formula is C14H19NO2. The van der Waals surface area contributed by atoms with E-state index >= 15 is 0 Å². The number of rotatable bonds is 2. The molecule has 3 heteroatoms. The van der Waals surface area contributed by atoms with E-state index in [4.69, 9.17) is 0 Å². The maximum Gasteiger partial charge on any atom is 0.227 e. The van der Waals surface area contributed by atoms with Gasteiger partial charge in [-0.2, -0.15) is 0 Å². The number of β-amino-alcohol motifs (C(OH)–C–C–N with tert-alkyl or cyclic N) is 1. The lowest BCUT2D eigenvalue weighted by Gasteiger charge is -2.36. The van der Waals surface area contributed by atoms with Gasteiger partial charge in [0, 0.05) is 13.1 Å². The van der Waals surface area contributed by atoms with E-state index < -0.39 is 5.60 Å². The quantitative estimate of drug-likeness (QED) is 0.843. The van der Waals surface area contributed by atoms with E-state index in [9.17, 15) is 9.90 Å². The van der Waals surface area contributed by atoms with Crippen LogP contribution in [0.1, 0.15) is 25.3 Å². The number of nitrogens with zero attached hydrogens (tertiary/aromatic N) is 1. The van der Waals surface area contributed by atoms with Gasteiger partial charge in [-0.1, -0.05) is 30.3 Å². The van der Waals surface area contributed by atoms with E-state index in [0.717, 1.165) is 24.9 Å². The number of hydrogen-bond acceptors (Lipinski definition) is 2. The second-order valence-corrected chi connectivity index (χ2v) is 5.08. The van der Waals surface area contributed by atoms with Crippen LogP contribution in [-0.4, -0.2) is 34.6 Å². The van der Waals surface area contributed by atoms with Gasteiger partial charge in [-0.05, 0) is 25.3 Å². The van der Waals surface area contributed by atoms with E-state index in [0.29, 0.717) is 13.0 Å². The molecular weight excluding hydrogens is 214 g/mol. The van der Waals surface area contributed by atoms with Crippen molar-refractivity contribution in [2.75, 3.05) is 13.1 Å². The van der Waals surface area contributed by atoms with Crippen molar-refractivity contribution in [2.24, 2.45) is 0 Å². The Morgan fingerprint density at radius 1 is 1.41 bits per heavy atom. The Bertz CT molecular complexity index is 386. The van der Waals surface area contributed by atoms with E-state index in [-0.39, 0.29) is 5.91 Å². The van der Waals surface area contributed by atoms with Crippen LogP contribution in [0.25, 0.3) is 0 Å². The molecule has 0 aliphatic carbocycles. The van der Waals surface area contributed by atoms with Crippen LogP contribution in [0.3, 0.4) is 0 Å². The van der Waals surface area contributed by atoms with Gasteiger partial charge in [0.2, 0.25) is 5.91 Å².